The van der Waals surface area contributed by atoms with Crippen LogP contribution in [0.1, 0.15) is 40.9 Å². The summed E-state index contributed by atoms with van der Waals surface area (Å²) < 4.78 is 0. The Balaban J connectivity index is 1.45. The Bertz CT molecular complexity index is 803. The smallest absolute Gasteiger partial charge is 0.267 e. The third-order valence-electron chi connectivity index (χ3n) is 5.26. The number of nitrogens with one attached hydrogen (secondary N) is 2. The van der Waals surface area contributed by atoms with Crippen LogP contribution >= 0.6 is 0 Å². The second kappa shape index (κ2) is 7.91. The second-order valence-corrected chi connectivity index (χ2v) is 7.35. The molecule has 0 atom stereocenters. The fourth-order valence-corrected chi connectivity index (χ4v) is 3.76. The molecule has 0 spiro atoms. The van der Waals surface area contributed by atoms with Crippen LogP contribution in [0.3, 0.4) is 0 Å². The zero-order valence-corrected chi connectivity index (χ0v) is 15.6. The molecule has 0 saturated carbocycles. The van der Waals surface area contributed by atoms with Gasteiger partial charge in [0.05, 0.1) is 0 Å². The zero-order chi connectivity index (χ0) is 18.7. The average molecular weight is 356 g/mol. The molecule has 1 saturated heterocycles. The molecule has 26 heavy (non-hydrogen) atoms. The van der Waals surface area contributed by atoms with Gasteiger partial charge in [0.2, 0.25) is 5.91 Å². The number of likely N-dealkylation sites (tertiary alicyclic amines) is 1. The maximum Gasteiger partial charge on any atom is 0.267 e. The van der Waals surface area contributed by atoms with E-state index in [1.807, 2.05) is 6.07 Å². The van der Waals surface area contributed by atoms with Crippen LogP contribution in [0.2, 0.25) is 0 Å². The van der Waals surface area contributed by atoms with Crippen molar-refractivity contribution in [3.63, 3.8) is 0 Å². The summed E-state index contributed by atoms with van der Waals surface area (Å²) in [6.07, 6.45) is 2.58. The average Bonchev–Trinajstić information content (AvgIpc) is 3.03. The number of nitrogens with two attached hydrogens (primary N) is 1. The minimum absolute atomic E-state index is 0.0278. The van der Waals surface area contributed by atoms with Crippen molar-refractivity contribution < 1.29 is 9.59 Å². The zero-order valence-electron chi connectivity index (χ0n) is 15.6. The molecule has 2 amide bonds. The number of benzene rings is 1. The van der Waals surface area contributed by atoms with Gasteiger partial charge in [0, 0.05) is 23.4 Å². The van der Waals surface area contributed by atoms with E-state index < -0.39 is 0 Å². The number of primary amides is 1. The van der Waals surface area contributed by atoms with Gasteiger partial charge in [-0.05, 0) is 76.0 Å². The van der Waals surface area contributed by atoms with E-state index in [1.54, 1.807) is 0 Å². The molecule has 140 valence electrons. The van der Waals surface area contributed by atoms with Gasteiger partial charge in [0.25, 0.3) is 5.91 Å². The van der Waals surface area contributed by atoms with Crippen molar-refractivity contribution in [1.82, 2.24) is 15.2 Å². The molecule has 1 aromatic carbocycles. The number of carbonyl (C=O) groups is 2. The van der Waals surface area contributed by atoms with Crippen LogP contribution in [0.4, 0.5) is 0 Å². The first kappa shape index (κ1) is 18.5. The number of carbonyl (C=O) groups excluding carboxylic acids is 2. The Morgan fingerprint density at radius 2 is 1.96 bits per heavy atom. The molecule has 4 N–H and O–H groups in total. The van der Waals surface area contributed by atoms with Crippen molar-refractivity contribution in [3.8, 4) is 0 Å². The third-order valence-corrected chi connectivity index (χ3v) is 5.26. The fraction of sp³-hybridized carbons (Fsp3) is 0.500. The Morgan fingerprint density at radius 3 is 2.65 bits per heavy atom. The molecule has 1 fully saturated rings. The summed E-state index contributed by atoms with van der Waals surface area (Å²) in [5.74, 6) is -0.216. The number of hydrogen-bond acceptors (Lipinski definition) is 3. The van der Waals surface area contributed by atoms with Gasteiger partial charge in [-0.15, -0.1) is 0 Å². The number of hydrogen-bond donors (Lipinski definition) is 3. The molecule has 1 aromatic heterocycles. The lowest BCUT2D eigenvalue weighted by atomic mass is 9.96. The number of nitrogens with zero attached hydrogens (tertiary/aromatic N) is 1. The van der Waals surface area contributed by atoms with E-state index in [1.165, 1.54) is 11.1 Å². The van der Waals surface area contributed by atoms with Gasteiger partial charge in [0.1, 0.15) is 5.69 Å². The lowest BCUT2D eigenvalue weighted by Crippen LogP contribution is -2.39. The summed E-state index contributed by atoms with van der Waals surface area (Å²) in [5, 5.41) is 4.09. The third kappa shape index (κ3) is 4.25. The molecule has 0 radical (unpaired) electrons. The van der Waals surface area contributed by atoms with Crippen LogP contribution in [0.15, 0.2) is 18.2 Å². The summed E-state index contributed by atoms with van der Waals surface area (Å²) in [7, 11) is 0. The van der Waals surface area contributed by atoms with Crippen LogP contribution in [0.5, 0.6) is 0 Å². The van der Waals surface area contributed by atoms with E-state index in [9.17, 15) is 9.59 Å². The predicted molar refractivity (Wildman–Crippen MR) is 103 cm³/mol. The number of aryl methyl sites for hydroxylation is 2. The Labute approximate surface area is 154 Å². The van der Waals surface area contributed by atoms with E-state index in [0.29, 0.717) is 12.2 Å². The maximum absolute atomic E-state index is 12.4. The predicted octanol–water partition coefficient (Wildman–Crippen LogP) is 2.10. The van der Waals surface area contributed by atoms with Crippen LogP contribution in [-0.4, -0.2) is 47.9 Å². The summed E-state index contributed by atoms with van der Waals surface area (Å²) in [4.78, 5) is 29.1. The highest BCUT2D eigenvalue weighted by molar-refractivity contribution is 5.98. The lowest BCUT2D eigenvalue weighted by molar-refractivity contribution is -0.123. The van der Waals surface area contributed by atoms with Gasteiger partial charge in [-0.3, -0.25) is 9.59 Å². The van der Waals surface area contributed by atoms with E-state index in [4.69, 9.17) is 5.73 Å². The van der Waals surface area contributed by atoms with Crippen molar-refractivity contribution >= 4 is 22.7 Å². The maximum atomic E-state index is 12.4. The molecule has 0 bridgehead atoms. The quantitative estimate of drug-likeness (QED) is 0.692. The number of aromatic amines is 1. The van der Waals surface area contributed by atoms with Gasteiger partial charge in [-0.2, -0.15) is 0 Å². The van der Waals surface area contributed by atoms with Gasteiger partial charge in [0.15, 0.2) is 0 Å². The molecule has 2 heterocycles. The van der Waals surface area contributed by atoms with E-state index in [0.717, 1.165) is 49.8 Å². The van der Waals surface area contributed by atoms with Crippen molar-refractivity contribution in [1.29, 1.82) is 0 Å². The fourth-order valence-electron chi connectivity index (χ4n) is 3.76. The molecule has 3 rings (SSSR count). The van der Waals surface area contributed by atoms with Crippen molar-refractivity contribution in [3.05, 3.63) is 35.0 Å². The topological polar surface area (TPSA) is 91.2 Å². The molecule has 1 aliphatic heterocycles. The number of piperidine rings is 1. The largest absolute Gasteiger partial charge is 0.369 e. The molecule has 6 nitrogen and oxygen atoms in total. The number of amides is 2. The number of rotatable bonds is 6. The lowest BCUT2D eigenvalue weighted by Gasteiger charge is -2.30. The van der Waals surface area contributed by atoms with Crippen molar-refractivity contribution in [2.24, 2.45) is 11.7 Å². The highest BCUT2D eigenvalue weighted by atomic mass is 16.2. The Hall–Kier alpha value is -2.34. The first-order chi connectivity index (χ1) is 12.4. The van der Waals surface area contributed by atoms with Crippen molar-refractivity contribution in [2.75, 3.05) is 26.2 Å². The molecule has 0 unspecified atom stereocenters. The van der Waals surface area contributed by atoms with Gasteiger partial charge in [-0.25, -0.2) is 0 Å². The number of fused-ring (bicyclic) bond motifs is 1. The second-order valence-electron chi connectivity index (χ2n) is 7.35. The summed E-state index contributed by atoms with van der Waals surface area (Å²) in [6.45, 7) is 7.49. The Kier molecular flexibility index (Phi) is 5.61. The Morgan fingerprint density at radius 1 is 1.23 bits per heavy atom. The minimum Gasteiger partial charge on any atom is -0.369 e. The first-order valence-electron chi connectivity index (χ1n) is 9.34. The number of H-pyrrole nitrogens is 1. The van der Waals surface area contributed by atoms with Crippen LogP contribution < -0.4 is 11.1 Å². The van der Waals surface area contributed by atoms with E-state index in [-0.39, 0.29) is 17.7 Å². The van der Waals surface area contributed by atoms with E-state index >= 15 is 0 Å². The molecule has 0 aliphatic carbocycles. The molecule has 1 aliphatic rings. The SMILES string of the molecule is Cc1cc(C)c2cc(C(=O)NCCCN3CCC(C(N)=O)CC3)[nH]c2c1. The highest BCUT2D eigenvalue weighted by Crippen LogP contribution is 2.21. The molecule has 2 aromatic rings. The normalized spacial score (nSPS) is 16.1. The van der Waals surface area contributed by atoms with E-state index in [2.05, 4.69) is 41.2 Å². The monoisotopic (exact) mass is 356 g/mol. The highest BCUT2D eigenvalue weighted by Gasteiger charge is 2.22. The molecular formula is C20H28N4O2. The van der Waals surface area contributed by atoms with Gasteiger partial charge < -0.3 is 20.9 Å². The molecule has 6 heteroatoms. The number of aromatic nitrogens is 1. The van der Waals surface area contributed by atoms with Crippen LogP contribution in [0, 0.1) is 19.8 Å². The van der Waals surface area contributed by atoms with Crippen LogP contribution in [0.25, 0.3) is 10.9 Å². The molecular weight excluding hydrogens is 328 g/mol. The standard InChI is InChI=1S/C20H28N4O2/c1-13-10-14(2)16-12-18(23-17(16)11-13)20(26)22-6-3-7-24-8-4-15(5-9-24)19(21)25/h10-12,15,23H,3-9H2,1-2H3,(H2,21,25)(H,22,26). The summed E-state index contributed by atoms with van der Waals surface area (Å²) in [5.41, 5.74) is 9.33. The first-order valence-corrected chi connectivity index (χ1v) is 9.34. The van der Waals surface area contributed by atoms with Gasteiger partial charge >= 0.3 is 0 Å². The van der Waals surface area contributed by atoms with Crippen LogP contribution in [-0.2, 0) is 4.79 Å². The van der Waals surface area contributed by atoms with Crippen molar-refractivity contribution in [2.45, 2.75) is 33.1 Å². The minimum atomic E-state index is -0.180. The summed E-state index contributed by atoms with van der Waals surface area (Å²) in [6, 6.07) is 6.11. The summed E-state index contributed by atoms with van der Waals surface area (Å²) >= 11 is 0. The van der Waals surface area contributed by atoms with Gasteiger partial charge in [-0.1, -0.05) is 6.07 Å².